The van der Waals surface area contributed by atoms with Crippen LogP contribution in [0.4, 0.5) is 11.4 Å². The van der Waals surface area contributed by atoms with E-state index in [1.807, 2.05) is 12.1 Å². The molecule has 0 saturated carbocycles. The lowest BCUT2D eigenvalue weighted by molar-refractivity contribution is -0.136. The summed E-state index contributed by atoms with van der Waals surface area (Å²) in [5.41, 5.74) is 9.03. The minimum atomic E-state index is -4.31. The van der Waals surface area contributed by atoms with Gasteiger partial charge < -0.3 is 21.1 Å². The Morgan fingerprint density at radius 3 is 2.46 bits per heavy atom. The highest BCUT2D eigenvalue weighted by Gasteiger charge is 2.35. The Morgan fingerprint density at radius 1 is 1.00 bits per heavy atom. The lowest BCUT2D eigenvalue weighted by Crippen LogP contribution is -2.38. The number of carbonyl (C=O) groups excluding carboxylic acids is 1. The zero-order chi connectivity index (χ0) is 29.1. The van der Waals surface area contributed by atoms with Crippen LogP contribution in [0.15, 0.2) is 89.8 Å². The average molecular weight is 571 g/mol. The lowest BCUT2D eigenvalue weighted by Gasteiger charge is -2.30. The number of carboxylic acid groups (broad SMARTS) is 1. The van der Waals surface area contributed by atoms with E-state index in [1.54, 1.807) is 71.6 Å². The molecule has 0 fully saturated rings. The van der Waals surface area contributed by atoms with E-state index in [2.05, 4.69) is 5.32 Å². The van der Waals surface area contributed by atoms with Gasteiger partial charge in [-0.25, -0.2) is 13.2 Å². The number of benzene rings is 4. The van der Waals surface area contributed by atoms with E-state index in [0.717, 1.165) is 23.2 Å². The van der Waals surface area contributed by atoms with E-state index < -0.39 is 21.2 Å². The number of amides is 1. The molecule has 1 aliphatic rings. The molecule has 0 aromatic heterocycles. The second kappa shape index (κ2) is 11.4. The second-order valence-corrected chi connectivity index (χ2v) is 12.0. The van der Waals surface area contributed by atoms with Crippen LogP contribution in [0, 0.1) is 5.41 Å². The number of nitrogens with one attached hydrogen (secondary N) is 2. The Bertz CT molecular complexity index is 1750. The van der Waals surface area contributed by atoms with E-state index in [-0.39, 0.29) is 16.6 Å². The van der Waals surface area contributed by atoms with Crippen molar-refractivity contribution in [2.75, 3.05) is 16.8 Å². The molecule has 1 heterocycles. The first-order valence-corrected chi connectivity index (χ1v) is 14.8. The van der Waals surface area contributed by atoms with Crippen LogP contribution in [-0.4, -0.2) is 43.2 Å². The number of nitrogen functional groups attached to an aromatic ring is 1. The van der Waals surface area contributed by atoms with Gasteiger partial charge in [0.15, 0.2) is 0 Å². The largest absolute Gasteiger partial charge is 0.479 e. The Balaban J connectivity index is 1.34. The van der Waals surface area contributed by atoms with Gasteiger partial charge in [-0.15, -0.1) is 0 Å². The monoisotopic (exact) mass is 570 g/mol. The normalized spacial score (nSPS) is 13.8. The van der Waals surface area contributed by atoms with Crippen LogP contribution in [0.2, 0.25) is 0 Å². The standard InChI is InChI=1S/C31H30N4O5S/c32-29(33)22-13-10-20(11-14-22)12-17-28(36)35-18-4-7-23-19-24(15-16-26(23)35)34-30(31(37)38)41(39,40)27-9-3-6-21-5-1-2-8-25(21)27/h1-3,5-6,8-11,13-16,19,30,34H,4,7,12,17-18H2,(H3,32,33)(H,37,38)/t30-/m1/s1. The predicted molar refractivity (Wildman–Crippen MR) is 159 cm³/mol. The molecule has 4 aromatic carbocycles. The number of nitrogens with zero attached hydrogens (tertiary/aromatic N) is 1. The number of nitrogens with two attached hydrogens (primary N) is 1. The number of fused-ring (bicyclic) bond motifs is 2. The van der Waals surface area contributed by atoms with Crippen molar-refractivity contribution in [3.05, 3.63) is 102 Å². The minimum absolute atomic E-state index is 0.00718. The smallest absolute Gasteiger partial charge is 0.342 e. The third kappa shape index (κ3) is 5.78. The number of anilines is 2. The highest BCUT2D eigenvalue weighted by Crippen LogP contribution is 2.32. The highest BCUT2D eigenvalue weighted by molar-refractivity contribution is 7.93. The van der Waals surface area contributed by atoms with Crippen LogP contribution in [0.25, 0.3) is 10.8 Å². The zero-order valence-corrected chi connectivity index (χ0v) is 23.0. The molecular weight excluding hydrogens is 540 g/mol. The quantitative estimate of drug-likeness (QED) is 0.172. The van der Waals surface area contributed by atoms with Gasteiger partial charge in [0.2, 0.25) is 21.1 Å². The van der Waals surface area contributed by atoms with Crippen molar-refractivity contribution in [2.24, 2.45) is 5.73 Å². The summed E-state index contributed by atoms with van der Waals surface area (Å²) < 4.78 is 27.1. The molecule has 0 bridgehead atoms. The van der Waals surface area contributed by atoms with Gasteiger partial charge in [0.25, 0.3) is 0 Å². The summed E-state index contributed by atoms with van der Waals surface area (Å²) in [4.78, 5) is 27.1. The van der Waals surface area contributed by atoms with E-state index >= 15 is 0 Å². The summed E-state index contributed by atoms with van der Waals surface area (Å²) in [5.74, 6) is -1.56. The van der Waals surface area contributed by atoms with Crippen LogP contribution in [0.1, 0.15) is 29.5 Å². The molecule has 0 saturated heterocycles. The summed E-state index contributed by atoms with van der Waals surface area (Å²) in [6.07, 6.45) is 2.24. The number of sulfone groups is 1. The number of carboxylic acids is 1. The molecule has 4 aromatic rings. The minimum Gasteiger partial charge on any atom is -0.479 e. The van der Waals surface area contributed by atoms with Gasteiger partial charge in [0.05, 0.1) is 4.90 Å². The maximum absolute atomic E-state index is 13.6. The molecule has 1 atom stereocenters. The molecule has 5 N–H and O–H groups in total. The van der Waals surface area contributed by atoms with E-state index in [9.17, 15) is 23.1 Å². The summed E-state index contributed by atoms with van der Waals surface area (Å²) in [7, 11) is -4.31. The molecule has 41 heavy (non-hydrogen) atoms. The molecule has 0 radical (unpaired) electrons. The van der Waals surface area contributed by atoms with Crippen LogP contribution >= 0.6 is 0 Å². The average Bonchev–Trinajstić information content (AvgIpc) is 2.97. The number of amidine groups is 1. The Hall–Kier alpha value is -4.70. The van der Waals surface area contributed by atoms with E-state index in [4.69, 9.17) is 11.1 Å². The van der Waals surface area contributed by atoms with Gasteiger partial charge in [-0.2, -0.15) is 0 Å². The van der Waals surface area contributed by atoms with Gasteiger partial charge in [0, 0.05) is 35.3 Å². The maximum Gasteiger partial charge on any atom is 0.342 e. The summed E-state index contributed by atoms with van der Waals surface area (Å²) in [5, 5.41) is 19.4. The van der Waals surface area contributed by atoms with Gasteiger partial charge in [0.1, 0.15) is 5.84 Å². The number of aliphatic carboxylic acids is 1. The second-order valence-electron chi connectivity index (χ2n) is 9.99. The molecule has 0 spiro atoms. The van der Waals surface area contributed by atoms with Crippen molar-refractivity contribution in [1.29, 1.82) is 5.41 Å². The number of aryl methyl sites for hydroxylation is 2. The topological polar surface area (TPSA) is 154 Å². The van der Waals surface area contributed by atoms with Crippen LogP contribution < -0.4 is 16.0 Å². The first-order valence-electron chi connectivity index (χ1n) is 13.2. The summed E-state index contributed by atoms with van der Waals surface area (Å²) >= 11 is 0. The van der Waals surface area contributed by atoms with Crippen molar-refractivity contribution >= 4 is 49.7 Å². The van der Waals surface area contributed by atoms with Crippen LogP contribution in [0.3, 0.4) is 0 Å². The molecule has 210 valence electrons. The molecule has 5 rings (SSSR count). The third-order valence-corrected chi connectivity index (χ3v) is 9.19. The van der Waals surface area contributed by atoms with Crippen molar-refractivity contribution in [3.63, 3.8) is 0 Å². The fourth-order valence-corrected chi connectivity index (χ4v) is 6.75. The number of carbonyl (C=O) groups is 2. The van der Waals surface area contributed by atoms with E-state index in [0.29, 0.717) is 47.8 Å². The number of rotatable bonds is 9. The van der Waals surface area contributed by atoms with Gasteiger partial charge in [-0.05, 0) is 60.0 Å². The maximum atomic E-state index is 13.6. The van der Waals surface area contributed by atoms with Crippen LogP contribution in [-0.2, 0) is 32.3 Å². The van der Waals surface area contributed by atoms with Gasteiger partial charge >= 0.3 is 5.97 Å². The number of hydrogen-bond donors (Lipinski definition) is 4. The lowest BCUT2D eigenvalue weighted by atomic mass is 9.99. The van der Waals surface area contributed by atoms with Crippen molar-refractivity contribution < 1.29 is 23.1 Å². The zero-order valence-electron chi connectivity index (χ0n) is 22.2. The molecule has 1 aliphatic heterocycles. The van der Waals surface area contributed by atoms with Crippen LogP contribution in [0.5, 0.6) is 0 Å². The number of hydrogen-bond acceptors (Lipinski definition) is 6. The molecule has 1 amide bonds. The fourth-order valence-electron chi connectivity index (χ4n) is 5.18. The highest BCUT2D eigenvalue weighted by atomic mass is 32.2. The molecule has 0 unspecified atom stereocenters. The Morgan fingerprint density at radius 2 is 1.73 bits per heavy atom. The molecular formula is C31H30N4O5S. The van der Waals surface area contributed by atoms with Gasteiger partial charge in [-0.1, -0.05) is 60.7 Å². The Labute approximate surface area is 238 Å². The van der Waals surface area contributed by atoms with Crippen molar-refractivity contribution in [1.82, 2.24) is 0 Å². The molecule has 10 heteroatoms. The predicted octanol–water partition coefficient (Wildman–Crippen LogP) is 4.33. The first-order chi connectivity index (χ1) is 19.6. The van der Waals surface area contributed by atoms with E-state index in [1.165, 1.54) is 6.07 Å². The van der Waals surface area contributed by atoms with Crippen molar-refractivity contribution in [2.45, 2.75) is 36.0 Å². The Kier molecular flexibility index (Phi) is 7.76. The molecule has 9 nitrogen and oxygen atoms in total. The summed E-state index contributed by atoms with van der Waals surface area (Å²) in [6, 6.07) is 24.0. The van der Waals surface area contributed by atoms with Crippen molar-refractivity contribution in [3.8, 4) is 0 Å². The molecule has 0 aliphatic carbocycles. The first kappa shape index (κ1) is 27.9. The summed E-state index contributed by atoms with van der Waals surface area (Å²) in [6.45, 7) is 0.565. The van der Waals surface area contributed by atoms with Gasteiger partial charge in [-0.3, -0.25) is 10.2 Å². The fraction of sp³-hybridized carbons (Fsp3) is 0.194. The third-order valence-electron chi connectivity index (χ3n) is 7.28. The SMILES string of the molecule is N=C(N)c1ccc(CCC(=O)N2CCCc3cc(N[C@@H](C(=O)O)S(=O)(=O)c4cccc5ccccc45)ccc32)cc1.